The fourth-order valence-electron chi connectivity index (χ4n) is 0.833. The van der Waals surface area contributed by atoms with Crippen LogP contribution in [-0.4, -0.2) is 25.0 Å². The molecule has 1 rings (SSSR count). The van der Waals surface area contributed by atoms with E-state index in [1.165, 1.54) is 6.07 Å². The van der Waals surface area contributed by atoms with E-state index in [4.69, 9.17) is 5.11 Å². The van der Waals surface area contributed by atoms with Crippen molar-refractivity contribution in [3.05, 3.63) is 30.2 Å². The Morgan fingerprint density at radius 2 is 2.06 bits per heavy atom. The van der Waals surface area contributed by atoms with Gasteiger partial charge in [-0.2, -0.15) is 21.6 Å². The molecule has 0 spiro atoms. The Morgan fingerprint density at radius 3 is 2.44 bits per heavy atom. The molecule has 0 fully saturated rings. The van der Waals surface area contributed by atoms with E-state index in [9.17, 15) is 26.4 Å². The Labute approximate surface area is 98.4 Å². The van der Waals surface area contributed by atoms with Crippen molar-refractivity contribution in [3.63, 3.8) is 0 Å². The Kier molecular flexibility index (Phi) is 3.70. The van der Waals surface area contributed by atoms with Crippen molar-refractivity contribution in [3.8, 4) is 0 Å². The molecule has 0 aliphatic rings. The van der Waals surface area contributed by atoms with Gasteiger partial charge in [0.15, 0.2) is 11.5 Å². The van der Waals surface area contributed by atoms with E-state index in [1.807, 2.05) is 0 Å². The number of hydrogen-bond acceptors (Lipinski definition) is 5. The number of carboxylic acids is 1. The van der Waals surface area contributed by atoms with Gasteiger partial charge < -0.3 is 13.7 Å². The average molecular weight is 286 g/mol. The quantitative estimate of drug-likeness (QED) is 0.391. The highest BCUT2D eigenvalue weighted by molar-refractivity contribution is 7.87. The van der Waals surface area contributed by atoms with Crippen molar-refractivity contribution in [1.82, 2.24) is 0 Å². The van der Waals surface area contributed by atoms with Gasteiger partial charge in [0.05, 0.1) is 12.3 Å². The van der Waals surface area contributed by atoms with E-state index >= 15 is 0 Å². The molecule has 0 aromatic carbocycles. The number of alkyl halides is 3. The van der Waals surface area contributed by atoms with Gasteiger partial charge in [-0.1, -0.05) is 0 Å². The first-order valence-electron chi connectivity index (χ1n) is 4.13. The van der Waals surface area contributed by atoms with Gasteiger partial charge in [-0.3, -0.25) is 0 Å². The summed E-state index contributed by atoms with van der Waals surface area (Å²) in [6.07, 6.45) is 1.15. The van der Waals surface area contributed by atoms with E-state index in [-0.39, 0.29) is 6.08 Å². The van der Waals surface area contributed by atoms with Gasteiger partial charge in [0.25, 0.3) is 0 Å². The maximum absolute atomic E-state index is 12.1. The molecule has 0 bridgehead atoms. The van der Waals surface area contributed by atoms with E-state index in [0.717, 1.165) is 12.3 Å². The molecule has 1 aromatic rings. The van der Waals surface area contributed by atoms with Crippen LogP contribution in [-0.2, 0) is 19.1 Å². The van der Waals surface area contributed by atoms with Crippen LogP contribution in [0.4, 0.5) is 13.2 Å². The van der Waals surface area contributed by atoms with Crippen LogP contribution in [0.1, 0.15) is 5.76 Å². The molecule has 1 N–H and O–H groups in total. The zero-order valence-electron chi connectivity index (χ0n) is 8.34. The third-order valence-corrected chi connectivity index (χ3v) is 2.47. The first-order chi connectivity index (χ1) is 8.13. The maximum atomic E-state index is 12.1. The first-order valence-corrected chi connectivity index (χ1v) is 5.53. The molecule has 18 heavy (non-hydrogen) atoms. The largest absolute Gasteiger partial charge is 0.534 e. The predicted octanol–water partition coefficient (Wildman–Crippen LogP) is 1.57. The van der Waals surface area contributed by atoms with Crippen molar-refractivity contribution in [2.75, 3.05) is 0 Å². The molecule has 0 aliphatic carbocycles. The Bertz CT molecular complexity index is 554. The van der Waals surface area contributed by atoms with Crippen LogP contribution in [0.2, 0.25) is 0 Å². The average Bonchev–Trinajstić information content (AvgIpc) is 2.65. The van der Waals surface area contributed by atoms with Crippen LogP contribution in [0.3, 0.4) is 0 Å². The molecule has 0 amide bonds. The topological polar surface area (TPSA) is 93.8 Å². The van der Waals surface area contributed by atoms with Gasteiger partial charge in [-0.15, -0.1) is 0 Å². The lowest BCUT2D eigenvalue weighted by Crippen LogP contribution is -2.25. The van der Waals surface area contributed by atoms with Gasteiger partial charge >= 0.3 is 21.6 Å². The molecule has 1 heterocycles. The zero-order chi connectivity index (χ0) is 14.0. The van der Waals surface area contributed by atoms with Gasteiger partial charge in [-0.05, 0) is 12.1 Å². The number of carboxylic acid groups (broad SMARTS) is 1. The summed E-state index contributed by atoms with van der Waals surface area (Å²) in [5.74, 6) is -3.24. The second-order valence-electron chi connectivity index (χ2n) is 2.81. The highest BCUT2D eigenvalue weighted by Crippen LogP contribution is 2.29. The number of furan rings is 1. The highest BCUT2D eigenvalue weighted by Gasteiger charge is 2.49. The van der Waals surface area contributed by atoms with Crippen molar-refractivity contribution >= 4 is 21.8 Å². The SMILES string of the molecule is O=C(O)C=C(OS(=O)(=O)C(F)(F)F)c1ccco1. The molecule has 0 saturated carbocycles. The standard InChI is InChI=1S/C8H5F3O6S/c9-8(10,11)18(14,15)17-6(4-7(12)13)5-2-1-3-16-5/h1-4H,(H,12,13). The van der Waals surface area contributed by atoms with Crippen LogP contribution in [0.15, 0.2) is 28.9 Å². The minimum absolute atomic E-state index is 0.141. The molecule has 0 saturated heterocycles. The lowest BCUT2D eigenvalue weighted by molar-refractivity contribution is -0.131. The molecular weight excluding hydrogens is 281 g/mol. The number of carbonyl (C=O) groups is 1. The fourth-order valence-corrected chi connectivity index (χ4v) is 1.29. The lowest BCUT2D eigenvalue weighted by atomic mass is 10.3. The minimum atomic E-state index is -5.96. The molecule has 0 unspecified atom stereocenters. The third-order valence-electron chi connectivity index (χ3n) is 1.50. The van der Waals surface area contributed by atoms with Crippen molar-refractivity contribution in [1.29, 1.82) is 0 Å². The van der Waals surface area contributed by atoms with Gasteiger partial charge in [0.1, 0.15) is 0 Å². The van der Waals surface area contributed by atoms with Crippen molar-refractivity contribution in [2.24, 2.45) is 0 Å². The van der Waals surface area contributed by atoms with Gasteiger partial charge in [0, 0.05) is 0 Å². The highest BCUT2D eigenvalue weighted by atomic mass is 32.2. The normalized spacial score (nSPS) is 13.4. The molecule has 100 valence electrons. The van der Waals surface area contributed by atoms with Crippen LogP contribution >= 0.6 is 0 Å². The van der Waals surface area contributed by atoms with E-state index < -0.39 is 33.1 Å². The van der Waals surface area contributed by atoms with Crippen LogP contribution in [0.25, 0.3) is 5.76 Å². The summed E-state index contributed by atoms with van der Waals surface area (Å²) in [7, 11) is -5.96. The second kappa shape index (κ2) is 4.72. The summed E-state index contributed by atoms with van der Waals surface area (Å²) in [6.45, 7) is 0. The smallest absolute Gasteiger partial charge is 0.478 e. The summed E-state index contributed by atoms with van der Waals surface area (Å²) >= 11 is 0. The summed E-state index contributed by atoms with van der Waals surface area (Å²) in [6, 6.07) is 2.26. The minimum Gasteiger partial charge on any atom is -0.478 e. The fraction of sp³-hybridized carbons (Fsp3) is 0.125. The van der Waals surface area contributed by atoms with Gasteiger partial charge in [0.2, 0.25) is 0 Å². The summed E-state index contributed by atoms with van der Waals surface area (Å²) in [5, 5.41) is 8.41. The van der Waals surface area contributed by atoms with E-state index in [2.05, 4.69) is 8.60 Å². The lowest BCUT2D eigenvalue weighted by Gasteiger charge is -2.10. The predicted molar refractivity (Wildman–Crippen MR) is 50.4 cm³/mol. The molecule has 0 radical (unpaired) electrons. The zero-order valence-corrected chi connectivity index (χ0v) is 9.16. The van der Waals surface area contributed by atoms with Gasteiger partial charge in [-0.25, -0.2) is 4.79 Å². The van der Waals surface area contributed by atoms with Crippen molar-refractivity contribution < 1.29 is 40.1 Å². The molecule has 1 aromatic heterocycles. The summed E-state index contributed by atoms with van der Waals surface area (Å²) < 4.78 is 65.9. The maximum Gasteiger partial charge on any atom is 0.534 e. The molecule has 6 nitrogen and oxygen atoms in total. The number of halogens is 3. The van der Waals surface area contributed by atoms with E-state index in [1.54, 1.807) is 0 Å². The Morgan fingerprint density at radius 1 is 1.44 bits per heavy atom. The van der Waals surface area contributed by atoms with E-state index in [0.29, 0.717) is 0 Å². The third kappa shape index (κ3) is 3.26. The Balaban J connectivity index is 3.14. The second-order valence-corrected chi connectivity index (χ2v) is 4.35. The number of hydrogen-bond donors (Lipinski definition) is 1. The summed E-state index contributed by atoms with van der Waals surface area (Å²) in [5.41, 5.74) is -5.67. The van der Waals surface area contributed by atoms with Crippen LogP contribution in [0.5, 0.6) is 0 Å². The Hall–Kier alpha value is -1.97. The summed E-state index contributed by atoms with van der Waals surface area (Å²) in [4.78, 5) is 10.4. The van der Waals surface area contributed by atoms with Crippen LogP contribution < -0.4 is 0 Å². The molecule has 0 atom stereocenters. The van der Waals surface area contributed by atoms with Crippen molar-refractivity contribution in [2.45, 2.75) is 5.51 Å². The first kappa shape index (κ1) is 14.1. The molecule has 0 aliphatic heterocycles. The number of aliphatic carboxylic acids is 1. The number of rotatable bonds is 4. The molecule has 10 heteroatoms. The molecular formula is C8H5F3O6S. The van der Waals surface area contributed by atoms with Crippen LogP contribution in [0, 0.1) is 0 Å². The monoisotopic (exact) mass is 286 g/mol.